The minimum atomic E-state index is -0.246. The summed E-state index contributed by atoms with van der Waals surface area (Å²) < 4.78 is 5.17. The third-order valence-corrected chi connectivity index (χ3v) is 3.00. The van der Waals surface area contributed by atoms with E-state index in [1.165, 1.54) is 0 Å². The smallest absolute Gasteiger partial charge is 0.407 e. The second kappa shape index (κ2) is 3.54. The molecule has 2 saturated heterocycles. The Kier molecular flexibility index (Phi) is 2.40. The van der Waals surface area contributed by atoms with Crippen LogP contribution in [-0.2, 0) is 4.74 Å². The number of nitrogens with one attached hydrogen (secondary N) is 1. The van der Waals surface area contributed by atoms with Crippen LogP contribution in [0.3, 0.4) is 0 Å². The number of piperidine rings is 1. The molecule has 0 bridgehead atoms. The number of rotatable bonds is 1. The van der Waals surface area contributed by atoms with E-state index in [-0.39, 0.29) is 12.2 Å². The van der Waals surface area contributed by atoms with E-state index in [9.17, 15) is 4.79 Å². The molecular formula is C9H16N2O2. The molecule has 0 aliphatic carbocycles. The van der Waals surface area contributed by atoms with Crippen LogP contribution < -0.4 is 5.32 Å². The number of alkyl carbamates (subject to hydrolysis) is 1. The minimum Gasteiger partial charge on any atom is -0.444 e. The van der Waals surface area contributed by atoms with Gasteiger partial charge in [0.1, 0.15) is 6.10 Å². The fourth-order valence-corrected chi connectivity index (χ4v) is 2.07. The summed E-state index contributed by atoms with van der Waals surface area (Å²) in [6, 6.07) is 0. The molecule has 2 aliphatic heterocycles. The fraction of sp³-hybridized carbons (Fsp3) is 0.889. The second-order valence-corrected chi connectivity index (χ2v) is 3.97. The lowest BCUT2D eigenvalue weighted by Gasteiger charge is -2.31. The molecule has 1 atom stereocenters. The van der Waals surface area contributed by atoms with E-state index in [0.29, 0.717) is 12.5 Å². The summed E-state index contributed by atoms with van der Waals surface area (Å²) in [7, 11) is 2.13. The summed E-state index contributed by atoms with van der Waals surface area (Å²) in [6.07, 6.45) is 2.18. The second-order valence-electron chi connectivity index (χ2n) is 3.97. The lowest BCUT2D eigenvalue weighted by Crippen LogP contribution is -2.36. The Labute approximate surface area is 78.2 Å². The number of amides is 1. The van der Waals surface area contributed by atoms with Gasteiger partial charge in [0.25, 0.3) is 0 Å². The van der Waals surface area contributed by atoms with E-state index >= 15 is 0 Å². The van der Waals surface area contributed by atoms with Crippen molar-refractivity contribution in [2.24, 2.45) is 5.92 Å². The standard InChI is InChI=1S/C9H16N2O2/c1-11-4-2-7(3-5-11)8-6-10-9(12)13-8/h7-8H,2-6H2,1H3,(H,10,12). The third-order valence-electron chi connectivity index (χ3n) is 3.00. The first kappa shape index (κ1) is 8.81. The van der Waals surface area contributed by atoms with Crippen LogP contribution in [0.5, 0.6) is 0 Å². The van der Waals surface area contributed by atoms with Gasteiger partial charge in [0, 0.05) is 5.92 Å². The molecule has 2 fully saturated rings. The molecule has 74 valence electrons. The van der Waals surface area contributed by atoms with Crippen molar-refractivity contribution in [1.82, 2.24) is 10.2 Å². The fourth-order valence-electron chi connectivity index (χ4n) is 2.07. The van der Waals surface area contributed by atoms with E-state index in [1.807, 2.05) is 0 Å². The highest BCUT2D eigenvalue weighted by Crippen LogP contribution is 2.23. The van der Waals surface area contributed by atoms with Crippen molar-refractivity contribution in [1.29, 1.82) is 0 Å². The van der Waals surface area contributed by atoms with Crippen molar-refractivity contribution in [3.05, 3.63) is 0 Å². The Hall–Kier alpha value is -0.770. The summed E-state index contributed by atoms with van der Waals surface area (Å²) >= 11 is 0. The average Bonchev–Trinajstić information content (AvgIpc) is 2.53. The molecule has 0 aromatic heterocycles. The van der Waals surface area contributed by atoms with Gasteiger partial charge in [0.15, 0.2) is 0 Å². The summed E-state index contributed by atoms with van der Waals surface area (Å²) in [6.45, 7) is 2.95. The lowest BCUT2D eigenvalue weighted by molar-refractivity contribution is 0.0738. The molecule has 13 heavy (non-hydrogen) atoms. The van der Waals surface area contributed by atoms with Gasteiger partial charge in [-0.3, -0.25) is 0 Å². The number of ether oxygens (including phenoxy) is 1. The first-order valence-electron chi connectivity index (χ1n) is 4.89. The maximum atomic E-state index is 10.8. The highest BCUT2D eigenvalue weighted by atomic mass is 16.6. The molecule has 0 spiro atoms. The molecule has 1 amide bonds. The molecule has 2 heterocycles. The normalized spacial score (nSPS) is 31.5. The van der Waals surface area contributed by atoms with Gasteiger partial charge < -0.3 is 15.0 Å². The Morgan fingerprint density at radius 2 is 2.15 bits per heavy atom. The van der Waals surface area contributed by atoms with Crippen LogP contribution >= 0.6 is 0 Å². The van der Waals surface area contributed by atoms with Gasteiger partial charge in [-0.25, -0.2) is 4.79 Å². The quantitative estimate of drug-likeness (QED) is 0.643. The van der Waals surface area contributed by atoms with Gasteiger partial charge in [0.05, 0.1) is 6.54 Å². The maximum absolute atomic E-state index is 10.8. The summed E-state index contributed by atoms with van der Waals surface area (Å²) in [4.78, 5) is 13.1. The van der Waals surface area contributed by atoms with Crippen molar-refractivity contribution < 1.29 is 9.53 Å². The third kappa shape index (κ3) is 1.94. The number of carbonyl (C=O) groups excluding carboxylic acids is 1. The maximum Gasteiger partial charge on any atom is 0.407 e. The number of cyclic esters (lactones) is 1. The van der Waals surface area contributed by atoms with Crippen LogP contribution in [-0.4, -0.2) is 43.8 Å². The molecule has 0 radical (unpaired) electrons. The highest BCUT2D eigenvalue weighted by Gasteiger charge is 2.32. The predicted molar refractivity (Wildman–Crippen MR) is 48.5 cm³/mol. The lowest BCUT2D eigenvalue weighted by atomic mass is 9.91. The molecule has 4 heteroatoms. The zero-order valence-corrected chi connectivity index (χ0v) is 7.95. The van der Waals surface area contributed by atoms with Gasteiger partial charge in [-0.05, 0) is 33.0 Å². The number of carbonyl (C=O) groups is 1. The average molecular weight is 184 g/mol. The van der Waals surface area contributed by atoms with Gasteiger partial charge in [-0.15, -0.1) is 0 Å². The topological polar surface area (TPSA) is 41.6 Å². The zero-order valence-electron chi connectivity index (χ0n) is 7.95. The van der Waals surface area contributed by atoms with Crippen molar-refractivity contribution in [3.8, 4) is 0 Å². The number of hydrogen-bond donors (Lipinski definition) is 1. The van der Waals surface area contributed by atoms with E-state index in [2.05, 4.69) is 17.3 Å². The van der Waals surface area contributed by atoms with E-state index in [0.717, 1.165) is 25.9 Å². The first-order chi connectivity index (χ1) is 6.25. The Morgan fingerprint density at radius 3 is 2.69 bits per heavy atom. The summed E-state index contributed by atoms with van der Waals surface area (Å²) in [5, 5.41) is 2.70. The molecule has 1 unspecified atom stereocenters. The zero-order chi connectivity index (χ0) is 9.26. The van der Waals surface area contributed by atoms with Crippen LogP contribution in [0.15, 0.2) is 0 Å². The minimum absolute atomic E-state index is 0.126. The first-order valence-corrected chi connectivity index (χ1v) is 4.89. The monoisotopic (exact) mass is 184 g/mol. The van der Waals surface area contributed by atoms with E-state index < -0.39 is 0 Å². The van der Waals surface area contributed by atoms with Crippen LogP contribution in [0.4, 0.5) is 4.79 Å². The van der Waals surface area contributed by atoms with Gasteiger partial charge >= 0.3 is 6.09 Å². The van der Waals surface area contributed by atoms with Crippen molar-refractivity contribution in [2.75, 3.05) is 26.7 Å². The van der Waals surface area contributed by atoms with Gasteiger partial charge in [-0.1, -0.05) is 0 Å². The molecule has 2 aliphatic rings. The van der Waals surface area contributed by atoms with Crippen molar-refractivity contribution in [2.45, 2.75) is 18.9 Å². The van der Waals surface area contributed by atoms with Crippen molar-refractivity contribution in [3.63, 3.8) is 0 Å². The Balaban J connectivity index is 1.84. The number of hydrogen-bond acceptors (Lipinski definition) is 3. The molecule has 0 saturated carbocycles. The summed E-state index contributed by atoms with van der Waals surface area (Å²) in [5.41, 5.74) is 0. The number of likely N-dealkylation sites (tertiary alicyclic amines) is 1. The van der Waals surface area contributed by atoms with Gasteiger partial charge in [0.2, 0.25) is 0 Å². The van der Waals surface area contributed by atoms with E-state index in [1.54, 1.807) is 0 Å². The van der Waals surface area contributed by atoms with Crippen LogP contribution in [0.25, 0.3) is 0 Å². The van der Waals surface area contributed by atoms with E-state index in [4.69, 9.17) is 4.74 Å². The predicted octanol–water partition coefficient (Wildman–Crippen LogP) is 0.437. The van der Waals surface area contributed by atoms with Crippen LogP contribution in [0, 0.1) is 5.92 Å². The van der Waals surface area contributed by atoms with Crippen LogP contribution in [0.1, 0.15) is 12.8 Å². The molecule has 0 aromatic carbocycles. The largest absolute Gasteiger partial charge is 0.444 e. The molecule has 1 N–H and O–H groups in total. The Bertz CT molecular complexity index is 200. The molecule has 2 rings (SSSR count). The van der Waals surface area contributed by atoms with Crippen LogP contribution in [0.2, 0.25) is 0 Å². The van der Waals surface area contributed by atoms with Gasteiger partial charge in [-0.2, -0.15) is 0 Å². The molecule has 4 nitrogen and oxygen atoms in total. The Morgan fingerprint density at radius 1 is 1.46 bits per heavy atom. The SMILES string of the molecule is CN1CCC(C2CNC(=O)O2)CC1. The highest BCUT2D eigenvalue weighted by molar-refractivity contribution is 5.69. The number of nitrogens with zero attached hydrogens (tertiary/aromatic N) is 1. The van der Waals surface area contributed by atoms with Crippen molar-refractivity contribution >= 4 is 6.09 Å². The molecular weight excluding hydrogens is 168 g/mol. The summed E-state index contributed by atoms with van der Waals surface area (Å²) in [5.74, 6) is 0.565. The molecule has 0 aromatic rings.